The molecule has 2 bridgehead atoms. The van der Waals surface area contributed by atoms with Gasteiger partial charge < -0.3 is 20.1 Å². The van der Waals surface area contributed by atoms with Crippen molar-refractivity contribution in [3.05, 3.63) is 59.7 Å². The Balaban J connectivity index is 1.28. The number of phenols is 1. The van der Waals surface area contributed by atoms with Gasteiger partial charge in [-0.05, 0) is 84.3 Å². The van der Waals surface area contributed by atoms with Crippen molar-refractivity contribution in [2.45, 2.75) is 69.2 Å². The Morgan fingerprint density at radius 1 is 1.14 bits per heavy atom. The van der Waals surface area contributed by atoms with Crippen LogP contribution < -0.4 is 15.0 Å². The minimum atomic E-state index is -0.849. The average Bonchev–Trinajstić information content (AvgIpc) is 3.68. The topological polar surface area (TPSA) is 84.6 Å². The van der Waals surface area contributed by atoms with Crippen LogP contribution >= 0.6 is 0 Å². The molecule has 0 spiro atoms. The molecule has 0 aliphatic carbocycles. The van der Waals surface area contributed by atoms with E-state index in [1.54, 1.807) is 0 Å². The molecular formula is C36H38FN5O2. The second kappa shape index (κ2) is 10.6. The number of alkyl halides is 1. The van der Waals surface area contributed by atoms with Gasteiger partial charge in [0.1, 0.15) is 30.2 Å². The van der Waals surface area contributed by atoms with Crippen LogP contribution in [0.3, 0.4) is 0 Å². The minimum Gasteiger partial charge on any atom is -0.508 e. The standard InChI is InChI=1S/C36H38FN5O2/c1-2-22-5-3-6-24-13-28(43)15-30(33(22)24)23-7-10-29-32(14-23)40-35(44-21-36-11-4-12-42(36)18-25(37)16-36)31(17-38)34(29)41-19-26-8-9-27(20-41)39-26/h3,5-7,10,13-15,25-27,39,43H,2,4,8-9,11-12,16,18-21H2,1H3/t25-,26-,27+,36+/m1/s1. The van der Waals surface area contributed by atoms with Gasteiger partial charge in [0, 0.05) is 43.5 Å². The van der Waals surface area contributed by atoms with E-state index < -0.39 is 6.17 Å². The number of pyridine rings is 1. The summed E-state index contributed by atoms with van der Waals surface area (Å²) < 4.78 is 21.1. The van der Waals surface area contributed by atoms with E-state index in [2.05, 4.69) is 52.4 Å². The van der Waals surface area contributed by atoms with Crippen molar-refractivity contribution in [3.8, 4) is 28.8 Å². The molecule has 1 aromatic heterocycles. The molecule has 3 aromatic carbocycles. The first-order chi connectivity index (χ1) is 21.4. The van der Waals surface area contributed by atoms with Crippen LogP contribution in [0.25, 0.3) is 32.8 Å². The van der Waals surface area contributed by atoms with Crippen molar-refractivity contribution < 1.29 is 14.2 Å². The number of hydrogen-bond acceptors (Lipinski definition) is 7. The van der Waals surface area contributed by atoms with Crippen LogP contribution in [0.2, 0.25) is 0 Å². The van der Waals surface area contributed by atoms with Crippen LogP contribution in [0, 0.1) is 11.3 Å². The van der Waals surface area contributed by atoms with Crippen molar-refractivity contribution in [1.82, 2.24) is 15.2 Å². The second-order valence-electron chi connectivity index (χ2n) is 13.3. The molecule has 44 heavy (non-hydrogen) atoms. The number of fused-ring (bicyclic) bond motifs is 5. The van der Waals surface area contributed by atoms with Crippen LogP contribution in [-0.2, 0) is 6.42 Å². The molecule has 2 N–H and O–H groups in total. The molecular weight excluding hydrogens is 553 g/mol. The molecule has 4 aromatic rings. The fourth-order valence-electron chi connectivity index (χ4n) is 8.57. The monoisotopic (exact) mass is 591 g/mol. The van der Waals surface area contributed by atoms with E-state index in [0.717, 1.165) is 90.2 Å². The van der Waals surface area contributed by atoms with Crippen molar-refractivity contribution in [2.24, 2.45) is 0 Å². The maximum atomic E-state index is 14.6. The number of aryl methyl sites for hydroxylation is 1. The van der Waals surface area contributed by atoms with E-state index in [1.165, 1.54) is 5.56 Å². The predicted octanol–water partition coefficient (Wildman–Crippen LogP) is 6.09. The van der Waals surface area contributed by atoms with Gasteiger partial charge in [-0.15, -0.1) is 0 Å². The van der Waals surface area contributed by atoms with Crippen LogP contribution in [0.4, 0.5) is 10.1 Å². The fourth-order valence-corrected chi connectivity index (χ4v) is 8.57. The highest BCUT2D eigenvalue weighted by Gasteiger charge is 2.49. The lowest BCUT2D eigenvalue weighted by Crippen LogP contribution is -2.51. The van der Waals surface area contributed by atoms with E-state index in [0.29, 0.717) is 43.1 Å². The zero-order valence-corrected chi connectivity index (χ0v) is 25.2. The maximum absolute atomic E-state index is 14.6. The number of nitrogens with one attached hydrogen (secondary N) is 1. The zero-order chi connectivity index (χ0) is 30.0. The number of piperazine rings is 1. The summed E-state index contributed by atoms with van der Waals surface area (Å²) >= 11 is 0. The number of aromatic nitrogens is 1. The van der Waals surface area contributed by atoms with Crippen LogP contribution in [-0.4, -0.2) is 71.6 Å². The highest BCUT2D eigenvalue weighted by molar-refractivity contribution is 6.03. The number of phenolic OH excluding ortho intramolecular Hbond substituents is 1. The maximum Gasteiger partial charge on any atom is 0.234 e. The van der Waals surface area contributed by atoms with E-state index in [4.69, 9.17) is 9.72 Å². The second-order valence-corrected chi connectivity index (χ2v) is 13.3. The lowest BCUT2D eigenvalue weighted by atomic mass is 9.92. The first-order valence-electron chi connectivity index (χ1n) is 16.1. The van der Waals surface area contributed by atoms with Gasteiger partial charge in [-0.3, -0.25) is 4.90 Å². The summed E-state index contributed by atoms with van der Waals surface area (Å²) in [6, 6.07) is 19.3. The summed E-state index contributed by atoms with van der Waals surface area (Å²) in [4.78, 5) is 9.60. The molecule has 8 rings (SSSR count). The lowest BCUT2D eigenvalue weighted by molar-refractivity contribution is 0.110. The molecule has 4 fully saturated rings. The van der Waals surface area contributed by atoms with Crippen LogP contribution in [0.1, 0.15) is 50.2 Å². The third-order valence-electron chi connectivity index (χ3n) is 10.5. The molecule has 4 aliphatic rings. The molecule has 0 amide bonds. The first kappa shape index (κ1) is 27.6. The summed E-state index contributed by atoms with van der Waals surface area (Å²) in [5.41, 5.74) is 4.87. The van der Waals surface area contributed by atoms with Gasteiger partial charge in [-0.25, -0.2) is 9.37 Å². The summed E-state index contributed by atoms with van der Waals surface area (Å²) in [6.45, 7) is 5.45. The third-order valence-corrected chi connectivity index (χ3v) is 10.5. The Kier molecular flexibility index (Phi) is 6.65. The van der Waals surface area contributed by atoms with Gasteiger partial charge in [-0.2, -0.15) is 5.26 Å². The Morgan fingerprint density at radius 2 is 1.98 bits per heavy atom. The molecule has 4 aliphatic heterocycles. The smallest absolute Gasteiger partial charge is 0.234 e. The van der Waals surface area contributed by atoms with E-state index in [1.807, 2.05) is 24.3 Å². The molecule has 0 unspecified atom stereocenters. The Labute approximate surface area is 257 Å². The van der Waals surface area contributed by atoms with Crippen molar-refractivity contribution in [3.63, 3.8) is 0 Å². The van der Waals surface area contributed by atoms with E-state index >= 15 is 0 Å². The summed E-state index contributed by atoms with van der Waals surface area (Å²) in [6.07, 6.45) is 4.68. The molecule has 4 saturated heterocycles. The number of ether oxygens (including phenoxy) is 1. The van der Waals surface area contributed by atoms with E-state index in [9.17, 15) is 14.8 Å². The Hall–Kier alpha value is -3.93. The Bertz CT molecular complexity index is 1810. The van der Waals surface area contributed by atoms with Gasteiger partial charge in [0.05, 0.1) is 16.7 Å². The fraction of sp³-hybridized carbons (Fsp3) is 0.444. The highest BCUT2D eigenvalue weighted by atomic mass is 19.1. The van der Waals surface area contributed by atoms with Gasteiger partial charge >= 0.3 is 0 Å². The van der Waals surface area contributed by atoms with Crippen molar-refractivity contribution in [1.29, 1.82) is 5.26 Å². The SMILES string of the molecule is CCc1cccc2cc(O)cc(-c3ccc4c(N5C[C@H]6CC[C@@H](C5)N6)c(C#N)c(OC[C@@]56CCCN5C[C@H](F)C6)nc4c3)c12. The zero-order valence-electron chi connectivity index (χ0n) is 25.2. The molecule has 0 saturated carbocycles. The quantitative estimate of drug-likeness (QED) is 0.281. The van der Waals surface area contributed by atoms with Crippen molar-refractivity contribution in [2.75, 3.05) is 37.7 Å². The van der Waals surface area contributed by atoms with Gasteiger partial charge in [0.25, 0.3) is 0 Å². The highest BCUT2D eigenvalue weighted by Crippen LogP contribution is 2.43. The molecule has 4 atom stereocenters. The molecule has 7 nitrogen and oxygen atoms in total. The molecule has 5 heterocycles. The summed E-state index contributed by atoms with van der Waals surface area (Å²) in [7, 11) is 0. The number of rotatable bonds is 6. The first-order valence-corrected chi connectivity index (χ1v) is 16.1. The van der Waals surface area contributed by atoms with E-state index in [-0.39, 0.29) is 11.3 Å². The molecule has 0 radical (unpaired) electrons. The summed E-state index contributed by atoms with van der Waals surface area (Å²) in [5.74, 6) is 0.550. The Morgan fingerprint density at radius 3 is 2.77 bits per heavy atom. The largest absolute Gasteiger partial charge is 0.508 e. The van der Waals surface area contributed by atoms with Crippen LogP contribution in [0.15, 0.2) is 48.5 Å². The third kappa shape index (κ3) is 4.48. The number of nitriles is 1. The summed E-state index contributed by atoms with van der Waals surface area (Å²) in [5, 5.41) is 28.0. The number of anilines is 1. The number of aromatic hydroxyl groups is 1. The lowest BCUT2D eigenvalue weighted by Gasteiger charge is -2.36. The van der Waals surface area contributed by atoms with Gasteiger partial charge in [0.2, 0.25) is 5.88 Å². The average molecular weight is 592 g/mol. The van der Waals surface area contributed by atoms with Gasteiger partial charge in [0.15, 0.2) is 0 Å². The number of benzene rings is 3. The number of hydrogen-bond donors (Lipinski definition) is 2. The van der Waals surface area contributed by atoms with Gasteiger partial charge in [-0.1, -0.05) is 37.3 Å². The predicted molar refractivity (Wildman–Crippen MR) is 171 cm³/mol. The molecule has 8 heteroatoms. The van der Waals surface area contributed by atoms with Crippen LogP contribution in [0.5, 0.6) is 11.6 Å². The number of nitrogens with zero attached hydrogens (tertiary/aromatic N) is 4. The minimum absolute atomic E-state index is 0.220. The normalized spacial score (nSPS) is 26.4. The number of halogens is 1. The van der Waals surface area contributed by atoms with Crippen molar-refractivity contribution >= 4 is 27.4 Å². The molecule has 226 valence electrons.